The third kappa shape index (κ3) is 4.40. The molecule has 9 heteroatoms. The van der Waals surface area contributed by atoms with Crippen LogP contribution in [0.5, 0.6) is 0 Å². The number of benzene rings is 2. The fraction of sp³-hybridized carbons (Fsp3) is 0.417. The molecule has 0 aromatic heterocycles. The summed E-state index contributed by atoms with van der Waals surface area (Å²) in [6.45, 7) is 2.44. The molecule has 0 N–H and O–H groups in total. The van der Waals surface area contributed by atoms with Gasteiger partial charge >= 0.3 is 6.18 Å². The second kappa shape index (κ2) is 8.88. The van der Waals surface area contributed by atoms with Gasteiger partial charge in [0, 0.05) is 50.3 Å². The number of rotatable bonds is 4. The van der Waals surface area contributed by atoms with Crippen LogP contribution in [0.25, 0.3) is 0 Å². The van der Waals surface area contributed by atoms with Crippen LogP contribution in [-0.4, -0.2) is 50.7 Å². The Morgan fingerprint density at radius 1 is 1.27 bits per heavy atom. The van der Waals surface area contributed by atoms with Gasteiger partial charge in [-0.15, -0.1) is 0 Å². The van der Waals surface area contributed by atoms with Crippen molar-refractivity contribution in [3.63, 3.8) is 0 Å². The minimum absolute atomic E-state index is 0.0163. The van der Waals surface area contributed by atoms with Crippen LogP contribution in [-0.2, 0) is 10.9 Å². The number of nitriles is 1. The van der Waals surface area contributed by atoms with Crippen LogP contribution >= 0.6 is 11.6 Å². The van der Waals surface area contributed by atoms with Gasteiger partial charge in [-0.3, -0.25) is 4.79 Å². The van der Waals surface area contributed by atoms with Crippen LogP contribution in [0, 0.1) is 22.7 Å². The maximum Gasteiger partial charge on any atom is 0.417 e. The Bertz CT molecular complexity index is 1100. The molecular formula is C24H23ClF3N3O2. The van der Waals surface area contributed by atoms with Crippen molar-refractivity contribution in [2.75, 3.05) is 44.8 Å². The maximum atomic E-state index is 13.5. The summed E-state index contributed by atoms with van der Waals surface area (Å²) in [6, 6.07) is 12.3. The highest BCUT2D eigenvalue weighted by atomic mass is 35.5. The van der Waals surface area contributed by atoms with E-state index in [0.29, 0.717) is 55.5 Å². The first-order valence-corrected chi connectivity index (χ1v) is 11.0. The molecule has 1 amide bonds. The zero-order chi connectivity index (χ0) is 23.8. The molecule has 2 heterocycles. The maximum absolute atomic E-state index is 13.5. The zero-order valence-electron chi connectivity index (χ0n) is 18.0. The number of amides is 1. The van der Waals surface area contributed by atoms with E-state index in [4.69, 9.17) is 21.6 Å². The van der Waals surface area contributed by atoms with E-state index in [1.807, 2.05) is 4.90 Å². The summed E-state index contributed by atoms with van der Waals surface area (Å²) in [6.07, 6.45) is -3.94. The van der Waals surface area contributed by atoms with Crippen molar-refractivity contribution in [2.24, 2.45) is 11.3 Å². The second-order valence-electron chi connectivity index (χ2n) is 8.69. The lowest BCUT2D eigenvalue weighted by molar-refractivity contribution is -0.137. The number of hydrogen-bond donors (Lipinski definition) is 0. The summed E-state index contributed by atoms with van der Waals surface area (Å²) in [7, 11) is 1.62. The predicted octanol–water partition coefficient (Wildman–Crippen LogP) is 4.85. The van der Waals surface area contributed by atoms with Crippen molar-refractivity contribution in [3.05, 3.63) is 64.2 Å². The first kappa shape index (κ1) is 23.4. The third-order valence-electron chi connectivity index (χ3n) is 6.75. The van der Waals surface area contributed by atoms with Gasteiger partial charge in [0.25, 0.3) is 5.91 Å². The van der Waals surface area contributed by atoms with E-state index in [1.165, 1.54) is 6.07 Å². The summed E-state index contributed by atoms with van der Waals surface area (Å²) in [4.78, 5) is 16.8. The number of nitrogens with zero attached hydrogens (tertiary/aromatic N) is 3. The number of halogens is 4. The molecule has 5 nitrogen and oxygen atoms in total. The highest BCUT2D eigenvalue weighted by Crippen LogP contribution is 2.45. The molecule has 2 saturated heterocycles. The lowest BCUT2D eigenvalue weighted by Crippen LogP contribution is -2.49. The average molecular weight is 478 g/mol. The van der Waals surface area contributed by atoms with Crippen molar-refractivity contribution in [1.82, 2.24) is 4.90 Å². The van der Waals surface area contributed by atoms with Gasteiger partial charge in [-0.1, -0.05) is 23.7 Å². The summed E-state index contributed by atoms with van der Waals surface area (Å²) < 4.78 is 45.9. The Morgan fingerprint density at radius 3 is 2.70 bits per heavy atom. The van der Waals surface area contributed by atoms with Gasteiger partial charge in [0.05, 0.1) is 34.4 Å². The Balaban J connectivity index is 1.59. The van der Waals surface area contributed by atoms with E-state index in [2.05, 4.69) is 0 Å². The van der Waals surface area contributed by atoms with Crippen molar-refractivity contribution in [2.45, 2.75) is 12.6 Å². The van der Waals surface area contributed by atoms with Crippen molar-refractivity contribution in [1.29, 1.82) is 5.26 Å². The Morgan fingerprint density at radius 2 is 2.03 bits per heavy atom. The highest BCUT2D eigenvalue weighted by molar-refractivity contribution is 6.33. The second-order valence-corrected chi connectivity index (χ2v) is 9.10. The molecule has 0 radical (unpaired) electrons. The minimum atomic E-state index is -4.61. The number of carbonyl (C=O) groups excluding carboxylic acids is 1. The number of alkyl halides is 3. The first-order valence-electron chi connectivity index (χ1n) is 10.6. The van der Waals surface area contributed by atoms with Crippen LogP contribution in [0.2, 0.25) is 5.02 Å². The number of piperidine rings is 1. The van der Waals surface area contributed by atoms with Crippen LogP contribution in [0.4, 0.5) is 18.9 Å². The predicted molar refractivity (Wildman–Crippen MR) is 118 cm³/mol. The van der Waals surface area contributed by atoms with Crippen LogP contribution < -0.4 is 4.90 Å². The molecule has 174 valence electrons. The quantitative estimate of drug-likeness (QED) is 0.632. The monoisotopic (exact) mass is 477 g/mol. The topological polar surface area (TPSA) is 56.6 Å². The van der Waals surface area contributed by atoms with Crippen LogP contribution in [0.3, 0.4) is 0 Å². The van der Waals surface area contributed by atoms with Gasteiger partial charge < -0.3 is 14.5 Å². The number of carbonyl (C=O) groups is 1. The summed E-state index contributed by atoms with van der Waals surface area (Å²) >= 11 is 6.23. The van der Waals surface area contributed by atoms with E-state index in [0.717, 1.165) is 6.07 Å². The molecule has 2 fully saturated rings. The number of hydrogen-bond acceptors (Lipinski definition) is 4. The Labute approximate surface area is 195 Å². The van der Waals surface area contributed by atoms with E-state index >= 15 is 0 Å². The van der Waals surface area contributed by atoms with Crippen LogP contribution in [0.15, 0.2) is 42.5 Å². The number of likely N-dealkylation sites (tertiary alicyclic amines) is 1. The van der Waals surface area contributed by atoms with Crippen molar-refractivity contribution in [3.8, 4) is 6.07 Å². The number of fused-ring (bicyclic) bond motifs is 1. The van der Waals surface area contributed by atoms with Gasteiger partial charge in [0.15, 0.2) is 0 Å². The molecule has 0 bridgehead atoms. The van der Waals surface area contributed by atoms with E-state index in [-0.39, 0.29) is 17.2 Å². The van der Waals surface area contributed by atoms with E-state index < -0.39 is 17.3 Å². The molecule has 33 heavy (non-hydrogen) atoms. The van der Waals surface area contributed by atoms with Gasteiger partial charge in [-0.25, -0.2) is 0 Å². The lowest BCUT2D eigenvalue weighted by Gasteiger charge is -2.44. The molecular weight excluding hydrogens is 455 g/mol. The molecule has 2 aromatic carbocycles. The summed E-state index contributed by atoms with van der Waals surface area (Å²) in [5.41, 5.74) is -0.748. The van der Waals surface area contributed by atoms with Gasteiger partial charge in [0.2, 0.25) is 0 Å². The number of ether oxygens (including phenoxy) is 1. The molecule has 2 aliphatic heterocycles. The Kier molecular flexibility index (Phi) is 6.30. The zero-order valence-corrected chi connectivity index (χ0v) is 18.8. The van der Waals surface area contributed by atoms with Crippen molar-refractivity contribution >= 4 is 23.2 Å². The summed E-state index contributed by atoms with van der Waals surface area (Å²) in [5.74, 6) is -0.141. The molecule has 2 aliphatic rings. The number of methoxy groups -OCH3 is 1. The Hall–Kier alpha value is -2.76. The normalized spacial score (nSPS) is 22.7. The molecule has 4 rings (SSSR count). The summed E-state index contributed by atoms with van der Waals surface area (Å²) in [5, 5.41) is 9.46. The highest BCUT2D eigenvalue weighted by Gasteiger charge is 2.51. The minimum Gasteiger partial charge on any atom is -0.384 e. The molecule has 2 aromatic rings. The van der Waals surface area contributed by atoms with Gasteiger partial charge in [-0.05, 0) is 36.8 Å². The first-order chi connectivity index (χ1) is 15.7. The fourth-order valence-electron chi connectivity index (χ4n) is 5.06. The van der Waals surface area contributed by atoms with E-state index in [9.17, 15) is 18.0 Å². The number of anilines is 1. The fourth-order valence-corrected chi connectivity index (χ4v) is 5.28. The molecule has 0 unspecified atom stereocenters. The SMILES string of the molecule is COC[C@@]12CCN(c3ccc(C#N)c(C(F)(F)F)c3)C[C@@H]1CN(C(=O)c1ccccc1Cl)C2. The largest absolute Gasteiger partial charge is 0.417 e. The standard InChI is InChI=1S/C24H23ClF3N3O2/c1-33-15-23-8-9-30(18-7-6-16(11-29)20(10-18)24(26,27)28)12-17(23)13-31(14-23)22(32)19-4-2-3-5-21(19)25/h2-7,10,17H,8-9,12-15H2,1H3/t17-,23+/m1/s1. The molecule has 0 aliphatic carbocycles. The third-order valence-corrected chi connectivity index (χ3v) is 7.08. The van der Waals surface area contributed by atoms with Gasteiger partial charge in [-0.2, -0.15) is 18.4 Å². The smallest absolute Gasteiger partial charge is 0.384 e. The van der Waals surface area contributed by atoms with Gasteiger partial charge in [0.1, 0.15) is 0 Å². The lowest BCUT2D eigenvalue weighted by atomic mass is 9.73. The molecule has 0 saturated carbocycles. The molecule has 0 spiro atoms. The van der Waals surface area contributed by atoms with Crippen molar-refractivity contribution < 1.29 is 22.7 Å². The molecule has 2 atom stereocenters. The van der Waals surface area contributed by atoms with Crippen LogP contribution in [0.1, 0.15) is 27.9 Å². The van der Waals surface area contributed by atoms with E-state index in [1.54, 1.807) is 48.4 Å². The average Bonchev–Trinajstić information content (AvgIpc) is 3.16.